The number of sulfonamides is 1. The highest BCUT2D eigenvalue weighted by atomic mass is 32.2. The molecule has 31 heavy (non-hydrogen) atoms. The molecule has 8 nitrogen and oxygen atoms in total. The fourth-order valence-electron chi connectivity index (χ4n) is 3.93. The number of morpholine rings is 1. The van der Waals surface area contributed by atoms with Gasteiger partial charge in [-0.15, -0.1) is 0 Å². The Kier molecular flexibility index (Phi) is 6.57. The molecule has 1 N–H and O–H groups in total. The van der Waals surface area contributed by atoms with E-state index in [1.807, 2.05) is 12.1 Å². The molecule has 166 valence electrons. The minimum absolute atomic E-state index is 0.172. The average Bonchev–Trinajstić information content (AvgIpc) is 2.79. The van der Waals surface area contributed by atoms with Crippen molar-refractivity contribution in [1.82, 2.24) is 9.21 Å². The van der Waals surface area contributed by atoms with E-state index >= 15 is 0 Å². The molecule has 1 amide bonds. The number of hydrogen-bond donors (Lipinski definition) is 1. The summed E-state index contributed by atoms with van der Waals surface area (Å²) in [5.74, 6) is 0.635. The molecular weight excluding hydrogens is 418 g/mol. The molecule has 1 saturated heterocycles. The molecule has 0 saturated carbocycles. The molecule has 4 rings (SSSR count). The first kappa shape index (κ1) is 21.8. The van der Waals surface area contributed by atoms with E-state index in [-0.39, 0.29) is 17.3 Å². The molecule has 2 heterocycles. The summed E-state index contributed by atoms with van der Waals surface area (Å²) in [6.07, 6.45) is 0.875. The number of carbonyl (C=O) groups excluding carboxylic acids is 1. The van der Waals surface area contributed by atoms with E-state index in [2.05, 4.69) is 16.3 Å². The highest BCUT2D eigenvalue weighted by Crippen LogP contribution is 2.24. The topological polar surface area (TPSA) is 88.2 Å². The van der Waals surface area contributed by atoms with Crippen molar-refractivity contribution in [2.45, 2.75) is 17.9 Å². The highest BCUT2D eigenvalue weighted by Gasteiger charge is 2.26. The van der Waals surface area contributed by atoms with Crippen LogP contribution in [0.1, 0.15) is 11.1 Å². The monoisotopic (exact) mass is 445 g/mol. The molecule has 2 aromatic carbocycles. The number of benzene rings is 2. The number of amides is 1. The molecular formula is C22H27N3O5S. The number of nitrogens with one attached hydrogen (secondary N) is 1. The normalized spacial score (nSPS) is 17.7. The molecule has 2 aliphatic rings. The SMILES string of the molecule is COc1ccc2c(c1)CN(CC(=O)Nc1cccc(S(=O)(=O)N3CCOCC3)c1)CC2. The van der Waals surface area contributed by atoms with Crippen molar-refractivity contribution in [3.05, 3.63) is 53.6 Å². The Hall–Kier alpha value is -2.46. The predicted molar refractivity (Wildman–Crippen MR) is 117 cm³/mol. The third kappa shape index (κ3) is 5.07. The van der Waals surface area contributed by atoms with E-state index in [1.165, 1.54) is 15.9 Å². The van der Waals surface area contributed by atoms with Gasteiger partial charge in [-0.2, -0.15) is 4.31 Å². The van der Waals surface area contributed by atoms with Crippen LogP contribution in [0.15, 0.2) is 47.4 Å². The first-order valence-corrected chi connectivity index (χ1v) is 11.8. The zero-order valence-corrected chi connectivity index (χ0v) is 18.4. The van der Waals surface area contributed by atoms with Gasteiger partial charge in [0.1, 0.15) is 5.75 Å². The number of rotatable bonds is 6. The third-order valence-electron chi connectivity index (χ3n) is 5.60. The summed E-state index contributed by atoms with van der Waals surface area (Å²) in [7, 11) is -1.97. The van der Waals surface area contributed by atoms with Crippen LogP contribution in [0.4, 0.5) is 5.69 Å². The van der Waals surface area contributed by atoms with Crippen molar-refractivity contribution in [2.75, 3.05) is 51.8 Å². The van der Waals surface area contributed by atoms with Crippen molar-refractivity contribution in [1.29, 1.82) is 0 Å². The summed E-state index contributed by atoms with van der Waals surface area (Å²) in [6, 6.07) is 12.5. The Morgan fingerprint density at radius 3 is 2.68 bits per heavy atom. The van der Waals surface area contributed by atoms with Gasteiger partial charge in [-0.3, -0.25) is 9.69 Å². The second-order valence-electron chi connectivity index (χ2n) is 7.69. The van der Waals surface area contributed by atoms with Crippen LogP contribution in [0.5, 0.6) is 5.75 Å². The summed E-state index contributed by atoms with van der Waals surface area (Å²) < 4.78 is 37.7. The number of fused-ring (bicyclic) bond motifs is 1. The predicted octanol–water partition coefficient (Wildman–Crippen LogP) is 1.71. The van der Waals surface area contributed by atoms with Gasteiger partial charge in [-0.05, 0) is 47.9 Å². The smallest absolute Gasteiger partial charge is 0.243 e. The van der Waals surface area contributed by atoms with E-state index in [4.69, 9.17) is 9.47 Å². The van der Waals surface area contributed by atoms with Crippen molar-refractivity contribution in [2.24, 2.45) is 0 Å². The number of methoxy groups -OCH3 is 1. The van der Waals surface area contributed by atoms with Crippen LogP contribution in [0.3, 0.4) is 0 Å². The van der Waals surface area contributed by atoms with E-state index in [1.54, 1.807) is 25.3 Å². The molecule has 0 unspecified atom stereocenters. The standard InChI is InChI=1S/C22H27N3O5S/c1-29-20-6-5-17-7-8-24(15-18(17)13-20)16-22(26)23-19-3-2-4-21(14-19)31(27,28)25-9-11-30-12-10-25/h2-6,13-14H,7-12,15-16H2,1H3,(H,23,26). The molecule has 1 fully saturated rings. The Morgan fingerprint density at radius 2 is 1.90 bits per heavy atom. The van der Waals surface area contributed by atoms with Crippen LogP contribution in [0.25, 0.3) is 0 Å². The molecule has 2 aliphatic heterocycles. The lowest BCUT2D eigenvalue weighted by Crippen LogP contribution is -2.40. The van der Waals surface area contributed by atoms with Gasteiger partial charge in [-0.1, -0.05) is 12.1 Å². The lowest BCUT2D eigenvalue weighted by molar-refractivity contribution is -0.117. The quantitative estimate of drug-likeness (QED) is 0.728. The van der Waals surface area contributed by atoms with E-state index < -0.39 is 10.0 Å². The second kappa shape index (κ2) is 9.35. The van der Waals surface area contributed by atoms with Crippen molar-refractivity contribution < 1.29 is 22.7 Å². The van der Waals surface area contributed by atoms with Crippen molar-refractivity contribution >= 4 is 21.6 Å². The summed E-state index contributed by atoms with van der Waals surface area (Å²) in [6.45, 7) is 3.14. The zero-order chi connectivity index (χ0) is 21.8. The Morgan fingerprint density at radius 1 is 1.10 bits per heavy atom. The lowest BCUT2D eigenvalue weighted by atomic mass is 9.99. The van der Waals surface area contributed by atoms with Crippen molar-refractivity contribution in [3.8, 4) is 5.75 Å². The maximum Gasteiger partial charge on any atom is 0.243 e. The Bertz CT molecular complexity index is 1050. The van der Waals surface area contributed by atoms with Crippen LogP contribution >= 0.6 is 0 Å². The minimum atomic E-state index is -3.61. The van der Waals surface area contributed by atoms with Crippen LogP contribution in [-0.2, 0) is 32.5 Å². The van der Waals surface area contributed by atoms with Gasteiger partial charge in [0.05, 0.1) is 31.8 Å². The van der Waals surface area contributed by atoms with E-state index in [0.29, 0.717) is 38.5 Å². The molecule has 2 aromatic rings. The summed E-state index contributed by atoms with van der Waals surface area (Å²) in [5.41, 5.74) is 2.91. The van der Waals surface area contributed by atoms with Crippen LogP contribution in [-0.4, -0.2) is 70.0 Å². The molecule has 9 heteroatoms. The van der Waals surface area contributed by atoms with Crippen LogP contribution in [0, 0.1) is 0 Å². The first-order chi connectivity index (χ1) is 15.0. The fraction of sp³-hybridized carbons (Fsp3) is 0.409. The van der Waals surface area contributed by atoms with Gasteiger partial charge in [0.2, 0.25) is 15.9 Å². The number of ether oxygens (including phenoxy) is 2. The Labute approximate surface area is 182 Å². The zero-order valence-electron chi connectivity index (χ0n) is 17.5. The van der Waals surface area contributed by atoms with E-state index in [0.717, 1.165) is 24.3 Å². The van der Waals surface area contributed by atoms with Crippen LogP contribution in [0.2, 0.25) is 0 Å². The third-order valence-corrected chi connectivity index (χ3v) is 7.49. The molecule has 0 aliphatic carbocycles. The van der Waals surface area contributed by atoms with Gasteiger partial charge < -0.3 is 14.8 Å². The van der Waals surface area contributed by atoms with Gasteiger partial charge in [0.15, 0.2) is 0 Å². The molecule has 0 atom stereocenters. The van der Waals surface area contributed by atoms with Gasteiger partial charge in [0, 0.05) is 31.9 Å². The van der Waals surface area contributed by atoms with Crippen molar-refractivity contribution in [3.63, 3.8) is 0 Å². The first-order valence-electron chi connectivity index (χ1n) is 10.3. The highest BCUT2D eigenvalue weighted by molar-refractivity contribution is 7.89. The maximum absolute atomic E-state index is 12.9. The largest absolute Gasteiger partial charge is 0.497 e. The average molecular weight is 446 g/mol. The summed E-state index contributed by atoms with van der Waals surface area (Å²) in [5, 5.41) is 2.84. The van der Waals surface area contributed by atoms with Crippen LogP contribution < -0.4 is 10.1 Å². The number of hydrogen-bond acceptors (Lipinski definition) is 6. The fourth-order valence-corrected chi connectivity index (χ4v) is 5.38. The molecule has 0 aromatic heterocycles. The van der Waals surface area contributed by atoms with E-state index in [9.17, 15) is 13.2 Å². The molecule has 0 spiro atoms. The number of anilines is 1. The van der Waals surface area contributed by atoms with Gasteiger partial charge in [0.25, 0.3) is 0 Å². The molecule has 0 radical (unpaired) electrons. The summed E-state index contributed by atoms with van der Waals surface area (Å²) in [4.78, 5) is 14.9. The molecule has 0 bridgehead atoms. The van der Waals surface area contributed by atoms with Gasteiger partial charge >= 0.3 is 0 Å². The Balaban J connectivity index is 1.39. The lowest BCUT2D eigenvalue weighted by Gasteiger charge is -2.28. The summed E-state index contributed by atoms with van der Waals surface area (Å²) >= 11 is 0. The van der Waals surface area contributed by atoms with Gasteiger partial charge in [-0.25, -0.2) is 8.42 Å². The number of nitrogens with zero attached hydrogens (tertiary/aromatic N) is 2. The minimum Gasteiger partial charge on any atom is -0.497 e. The maximum atomic E-state index is 12.9. The number of carbonyl (C=O) groups is 1. The second-order valence-corrected chi connectivity index (χ2v) is 9.63.